The summed E-state index contributed by atoms with van der Waals surface area (Å²) in [5.74, 6) is 0. The maximum Gasteiger partial charge on any atom is 0.0620 e. The quantitative estimate of drug-likeness (QED) is 0.328. The lowest BCUT2D eigenvalue weighted by molar-refractivity contribution is 1.22. The molecular weight excluding hydrogens is 278 g/mol. The molecule has 0 saturated heterocycles. The van der Waals surface area contributed by atoms with E-state index in [-0.39, 0.29) is 0 Å². The molecule has 1 nitrogen and oxygen atoms in total. The fourth-order valence-electron chi connectivity index (χ4n) is 4.15. The number of nitrogens with zero attached hydrogens (tertiary/aromatic N) is 1. The van der Waals surface area contributed by atoms with Crippen LogP contribution in [0, 0.1) is 0 Å². The van der Waals surface area contributed by atoms with Crippen LogP contribution in [0.15, 0.2) is 79.0 Å². The molecule has 0 atom stereocenters. The molecule has 0 spiro atoms. The van der Waals surface area contributed by atoms with Gasteiger partial charge in [-0.2, -0.15) is 0 Å². The minimum atomic E-state index is 1.29. The molecule has 0 N–H and O–H groups in total. The summed E-state index contributed by atoms with van der Waals surface area (Å²) in [5.41, 5.74) is 6.70. The molecule has 2 heterocycles. The summed E-state index contributed by atoms with van der Waals surface area (Å²) in [6.07, 6.45) is 2.18. The number of rotatable bonds is 0. The molecular formula is C22H13N. The Labute approximate surface area is 133 Å². The average molecular weight is 291 g/mol. The van der Waals surface area contributed by atoms with E-state index in [4.69, 9.17) is 0 Å². The molecule has 106 valence electrons. The van der Waals surface area contributed by atoms with Gasteiger partial charge in [0, 0.05) is 22.5 Å². The topological polar surface area (TPSA) is 4.41 Å². The number of benzene rings is 3. The van der Waals surface area contributed by atoms with Crippen LogP contribution in [0.2, 0.25) is 0 Å². The lowest BCUT2D eigenvalue weighted by Crippen LogP contribution is -1.87. The second-order valence-electron chi connectivity index (χ2n) is 6.28. The van der Waals surface area contributed by atoms with Gasteiger partial charge >= 0.3 is 0 Å². The smallest absolute Gasteiger partial charge is 0.0620 e. The zero-order valence-corrected chi connectivity index (χ0v) is 12.5. The van der Waals surface area contributed by atoms with Gasteiger partial charge in [-0.1, -0.05) is 48.5 Å². The van der Waals surface area contributed by atoms with Gasteiger partial charge in [-0.15, -0.1) is 0 Å². The van der Waals surface area contributed by atoms with Crippen LogP contribution in [0.4, 0.5) is 0 Å². The molecule has 0 bridgehead atoms. The lowest BCUT2D eigenvalue weighted by atomic mass is 9.99. The van der Waals surface area contributed by atoms with Gasteiger partial charge in [-0.05, 0) is 46.2 Å². The van der Waals surface area contributed by atoms with Gasteiger partial charge in [-0.25, -0.2) is 0 Å². The molecule has 5 aromatic rings. The third kappa shape index (κ3) is 1.29. The molecule has 0 unspecified atom stereocenters. The van der Waals surface area contributed by atoms with Gasteiger partial charge in [0.1, 0.15) is 0 Å². The maximum absolute atomic E-state index is 2.35. The molecule has 6 rings (SSSR count). The molecule has 0 saturated carbocycles. The van der Waals surface area contributed by atoms with Crippen molar-refractivity contribution in [1.29, 1.82) is 0 Å². The summed E-state index contributed by atoms with van der Waals surface area (Å²) in [6.45, 7) is 0. The van der Waals surface area contributed by atoms with Crippen LogP contribution in [0.5, 0.6) is 0 Å². The van der Waals surface area contributed by atoms with Crippen molar-refractivity contribution in [2.75, 3.05) is 0 Å². The largest absolute Gasteiger partial charge is 0.315 e. The van der Waals surface area contributed by atoms with Crippen LogP contribution in [-0.2, 0) is 0 Å². The zero-order valence-electron chi connectivity index (χ0n) is 12.5. The van der Waals surface area contributed by atoms with Crippen molar-refractivity contribution in [3.8, 4) is 22.4 Å². The van der Waals surface area contributed by atoms with Crippen molar-refractivity contribution < 1.29 is 0 Å². The Morgan fingerprint density at radius 2 is 1.39 bits per heavy atom. The zero-order chi connectivity index (χ0) is 15.0. The monoisotopic (exact) mass is 291 g/mol. The van der Waals surface area contributed by atoms with Gasteiger partial charge in [-0.3, -0.25) is 0 Å². The highest BCUT2D eigenvalue weighted by atomic mass is 14.9. The first-order valence-corrected chi connectivity index (χ1v) is 7.97. The first-order chi connectivity index (χ1) is 11.4. The minimum absolute atomic E-state index is 1.29. The number of hydrogen-bond acceptors (Lipinski definition) is 0. The normalized spacial score (nSPS) is 12.3. The molecule has 2 aromatic heterocycles. The highest BCUT2D eigenvalue weighted by molar-refractivity contribution is 6.21. The molecule has 1 aliphatic rings. The third-order valence-corrected chi connectivity index (χ3v) is 5.11. The average Bonchev–Trinajstić information content (AvgIpc) is 3.11. The second kappa shape index (κ2) is 3.82. The van der Waals surface area contributed by atoms with Crippen LogP contribution < -0.4 is 0 Å². The second-order valence-corrected chi connectivity index (χ2v) is 6.28. The summed E-state index contributed by atoms with van der Waals surface area (Å²) < 4.78 is 2.34. The van der Waals surface area contributed by atoms with Crippen molar-refractivity contribution in [2.45, 2.75) is 0 Å². The molecule has 0 amide bonds. The van der Waals surface area contributed by atoms with Gasteiger partial charge in [0.2, 0.25) is 0 Å². The van der Waals surface area contributed by atoms with E-state index in [2.05, 4.69) is 83.4 Å². The first-order valence-electron chi connectivity index (χ1n) is 7.97. The van der Waals surface area contributed by atoms with Crippen LogP contribution in [0.3, 0.4) is 0 Å². The number of hydrogen-bond donors (Lipinski definition) is 0. The van der Waals surface area contributed by atoms with E-state index in [1.807, 2.05) is 0 Å². The Bertz CT molecular complexity index is 1260. The van der Waals surface area contributed by atoms with Crippen LogP contribution in [0.1, 0.15) is 0 Å². The predicted octanol–water partition coefficient (Wildman–Crippen LogP) is 5.89. The molecule has 0 aliphatic heterocycles. The SMILES string of the molecule is c1ccc2cc3c(cc2c1)-c1cccc2c1c-3n1ccccc21. The minimum Gasteiger partial charge on any atom is -0.315 e. The van der Waals surface area contributed by atoms with E-state index in [0.717, 1.165) is 0 Å². The number of fused-ring (bicyclic) bond motifs is 7. The standard InChI is InChI=1S/C22H13N/c1-2-7-15-13-19-18(12-14(15)6-1)16-8-5-9-17-20-10-3-4-11-23(20)22(19)21(16)17/h1-13H. The fraction of sp³-hybridized carbons (Fsp3) is 0. The molecule has 0 fully saturated rings. The predicted molar refractivity (Wildman–Crippen MR) is 96.8 cm³/mol. The van der Waals surface area contributed by atoms with Gasteiger partial charge in [0.05, 0.1) is 11.2 Å². The highest BCUT2D eigenvalue weighted by Crippen LogP contribution is 2.50. The Morgan fingerprint density at radius 1 is 0.609 bits per heavy atom. The van der Waals surface area contributed by atoms with Crippen molar-refractivity contribution >= 4 is 27.1 Å². The summed E-state index contributed by atoms with van der Waals surface area (Å²) in [4.78, 5) is 0. The molecule has 3 aromatic carbocycles. The number of pyridine rings is 1. The summed E-state index contributed by atoms with van der Waals surface area (Å²) in [7, 11) is 0. The molecule has 0 radical (unpaired) electrons. The van der Waals surface area contributed by atoms with Crippen LogP contribution in [0.25, 0.3) is 49.4 Å². The van der Waals surface area contributed by atoms with Gasteiger partial charge in [0.15, 0.2) is 0 Å². The number of aromatic nitrogens is 1. The van der Waals surface area contributed by atoms with E-state index in [9.17, 15) is 0 Å². The third-order valence-electron chi connectivity index (χ3n) is 5.11. The van der Waals surface area contributed by atoms with Gasteiger partial charge < -0.3 is 4.40 Å². The molecule has 1 heteroatoms. The van der Waals surface area contributed by atoms with E-state index in [1.165, 1.54) is 49.4 Å². The van der Waals surface area contributed by atoms with Crippen molar-refractivity contribution in [3.63, 3.8) is 0 Å². The van der Waals surface area contributed by atoms with Crippen molar-refractivity contribution in [3.05, 3.63) is 79.0 Å². The fourth-order valence-corrected chi connectivity index (χ4v) is 4.15. The van der Waals surface area contributed by atoms with Crippen molar-refractivity contribution in [2.24, 2.45) is 0 Å². The van der Waals surface area contributed by atoms with E-state index >= 15 is 0 Å². The van der Waals surface area contributed by atoms with Crippen molar-refractivity contribution in [1.82, 2.24) is 4.40 Å². The van der Waals surface area contributed by atoms with Crippen LogP contribution in [-0.4, -0.2) is 4.40 Å². The van der Waals surface area contributed by atoms with E-state index in [0.29, 0.717) is 0 Å². The Kier molecular flexibility index (Phi) is 1.91. The van der Waals surface area contributed by atoms with Gasteiger partial charge in [0.25, 0.3) is 0 Å². The maximum atomic E-state index is 2.35. The van der Waals surface area contributed by atoms with E-state index < -0.39 is 0 Å². The summed E-state index contributed by atoms with van der Waals surface area (Å²) >= 11 is 0. The molecule has 1 aliphatic carbocycles. The highest BCUT2D eigenvalue weighted by Gasteiger charge is 2.26. The lowest BCUT2D eigenvalue weighted by Gasteiger charge is -2.08. The Balaban J connectivity index is 1.90. The summed E-state index contributed by atoms with van der Waals surface area (Å²) in [6, 6.07) is 26.4. The Morgan fingerprint density at radius 3 is 2.26 bits per heavy atom. The van der Waals surface area contributed by atoms with Crippen LogP contribution >= 0.6 is 0 Å². The first kappa shape index (κ1) is 11.5. The summed E-state index contributed by atoms with van der Waals surface area (Å²) in [5, 5.41) is 5.35. The van der Waals surface area contributed by atoms with E-state index in [1.54, 1.807) is 0 Å². The molecule has 23 heavy (non-hydrogen) atoms. The Hall–Kier alpha value is -3.06.